The molecular formula is C24H31N3O3. The van der Waals surface area contributed by atoms with Crippen LogP contribution in [-0.4, -0.2) is 55.9 Å². The Labute approximate surface area is 178 Å². The molecule has 2 aromatic rings. The van der Waals surface area contributed by atoms with Crippen LogP contribution in [0.15, 0.2) is 48.5 Å². The summed E-state index contributed by atoms with van der Waals surface area (Å²) in [6, 6.07) is 15.5. The quantitative estimate of drug-likeness (QED) is 0.724. The fourth-order valence-corrected chi connectivity index (χ4v) is 3.45. The monoisotopic (exact) mass is 409 g/mol. The zero-order valence-corrected chi connectivity index (χ0v) is 18.1. The van der Waals surface area contributed by atoms with Crippen molar-refractivity contribution in [3.8, 4) is 5.75 Å². The van der Waals surface area contributed by atoms with Gasteiger partial charge >= 0.3 is 0 Å². The van der Waals surface area contributed by atoms with E-state index in [0.717, 1.165) is 43.1 Å². The molecule has 1 N–H and O–H groups in total. The summed E-state index contributed by atoms with van der Waals surface area (Å²) in [7, 11) is 2.12. The van der Waals surface area contributed by atoms with Crippen LogP contribution in [0.1, 0.15) is 25.8 Å². The number of piperazine rings is 1. The Morgan fingerprint density at radius 2 is 1.70 bits per heavy atom. The molecule has 1 amide bonds. The zero-order chi connectivity index (χ0) is 21.5. The number of rotatable bonds is 8. The van der Waals surface area contributed by atoms with Crippen molar-refractivity contribution in [2.24, 2.45) is 0 Å². The molecule has 6 heteroatoms. The number of hydrogen-bond donors (Lipinski definition) is 1. The summed E-state index contributed by atoms with van der Waals surface area (Å²) in [4.78, 5) is 28.5. The van der Waals surface area contributed by atoms with Gasteiger partial charge in [0.15, 0.2) is 6.10 Å². The minimum Gasteiger partial charge on any atom is -0.481 e. The second-order valence-electron chi connectivity index (χ2n) is 7.90. The normalized spacial score (nSPS) is 15.5. The number of anilines is 2. The fourth-order valence-electron chi connectivity index (χ4n) is 3.45. The number of carbonyl (C=O) groups is 2. The molecule has 0 bridgehead atoms. The van der Waals surface area contributed by atoms with Crippen LogP contribution in [0.4, 0.5) is 11.4 Å². The van der Waals surface area contributed by atoms with Gasteiger partial charge in [0.1, 0.15) is 11.5 Å². The molecule has 1 saturated heterocycles. The lowest BCUT2D eigenvalue weighted by Gasteiger charge is -2.35. The van der Waals surface area contributed by atoms with Crippen molar-refractivity contribution >= 4 is 23.1 Å². The number of aryl methyl sites for hydroxylation is 1. The maximum absolute atomic E-state index is 12.7. The number of nitrogens with zero attached hydrogens (tertiary/aromatic N) is 2. The average Bonchev–Trinajstić information content (AvgIpc) is 2.74. The van der Waals surface area contributed by atoms with Gasteiger partial charge in [0.05, 0.1) is 11.4 Å². The van der Waals surface area contributed by atoms with Crippen LogP contribution in [0, 0.1) is 0 Å². The van der Waals surface area contributed by atoms with Crippen LogP contribution in [0.2, 0.25) is 0 Å². The molecule has 3 rings (SSSR count). The lowest BCUT2D eigenvalue weighted by Crippen LogP contribution is -2.44. The molecule has 1 aliphatic heterocycles. The van der Waals surface area contributed by atoms with Gasteiger partial charge in [0.25, 0.3) is 5.91 Å². The number of para-hydroxylation sites is 2. The minimum atomic E-state index is -0.631. The third-order valence-corrected chi connectivity index (χ3v) is 5.38. The number of likely N-dealkylation sites (N-methyl/N-ethyl adjacent to an activating group) is 1. The highest BCUT2D eigenvalue weighted by atomic mass is 16.5. The Kier molecular flexibility index (Phi) is 7.46. The van der Waals surface area contributed by atoms with E-state index in [2.05, 4.69) is 22.2 Å². The first kappa shape index (κ1) is 21.8. The minimum absolute atomic E-state index is 0.178. The van der Waals surface area contributed by atoms with Crippen molar-refractivity contribution in [3.63, 3.8) is 0 Å². The molecule has 2 aromatic carbocycles. The first-order chi connectivity index (χ1) is 14.4. The van der Waals surface area contributed by atoms with Crippen molar-refractivity contribution in [1.82, 2.24) is 4.90 Å². The lowest BCUT2D eigenvalue weighted by atomic mass is 10.1. The van der Waals surface area contributed by atoms with Gasteiger partial charge in [-0.1, -0.05) is 24.3 Å². The van der Waals surface area contributed by atoms with E-state index < -0.39 is 6.10 Å². The number of nitrogens with one attached hydrogen (secondary N) is 1. The van der Waals surface area contributed by atoms with E-state index in [9.17, 15) is 9.59 Å². The molecule has 1 atom stereocenters. The van der Waals surface area contributed by atoms with E-state index >= 15 is 0 Å². The molecule has 0 spiro atoms. The fraction of sp³-hybridized carbons (Fsp3) is 0.417. The second-order valence-corrected chi connectivity index (χ2v) is 7.90. The Balaban J connectivity index is 1.59. The number of ether oxygens (including phenoxy) is 1. The van der Waals surface area contributed by atoms with Crippen LogP contribution in [0.25, 0.3) is 0 Å². The number of carbonyl (C=O) groups excluding carboxylic acids is 2. The van der Waals surface area contributed by atoms with Gasteiger partial charge < -0.3 is 24.6 Å². The molecule has 1 unspecified atom stereocenters. The summed E-state index contributed by atoms with van der Waals surface area (Å²) in [6.45, 7) is 7.22. The topological polar surface area (TPSA) is 61.9 Å². The zero-order valence-electron chi connectivity index (χ0n) is 18.1. The van der Waals surface area contributed by atoms with E-state index in [-0.39, 0.29) is 11.7 Å². The molecule has 0 radical (unpaired) electrons. The highest BCUT2D eigenvalue weighted by Gasteiger charge is 2.20. The maximum Gasteiger partial charge on any atom is 0.265 e. The SMILES string of the molecule is CC(=O)CCc1ccc(OC(C)C(=O)Nc2ccccc2N2CCN(C)CC2)cc1. The molecule has 0 aliphatic carbocycles. The van der Waals surface area contributed by atoms with E-state index in [1.165, 1.54) is 0 Å². The summed E-state index contributed by atoms with van der Waals surface area (Å²) < 4.78 is 5.83. The van der Waals surface area contributed by atoms with Crippen LogP contribution in [-0.2, 0) is 16.0 Å². The molecule has 1 heterocycles. The van der Waals surface area contributed by atoms with Crippen LogP contribution >= 0.6 is 0 Å². The standard InChI is InChI=1S/C24H31N3O3/c1-18(28)8-9-20-10-12-21(13-11-20)30-19(2)24(29)25-22-6-4-5-7-23(22)27-16-14-26(3)15-17-27/h4-7,10-13,19H,8-9,14-17H2,1-3H3,(H,25,29). The van der Waals surface area contributed by atoms with E-state index in [4.69, 9.17) is 4.74 Å². The molecule has 0 aromatic heterocycles. The third kappa shape index (κ3) is 6.07. The highest BCUT2D eigenvalue weighted by molar-refractivity contribution is 5.97. The van der Waals surface area contributed by atoms with Crippen molar-refractivity contribution in [2.75, 3.05) is 43.4 Å². The summed E-state index contributed by atoms with van der Waals surface area (Å²) >= 11 is 0. The summed E-state index contributed by atoms with van der Waals surface area (Å²) in [5.74, 6) is 0.631. The summed E-state index contributed by atoms with van der Waals surface area (Å²) in [6.07, 6.45) is 0.620. The summed E-state index contributed by atoms with van der Waals surface area (Å²) in [5, 5.41) is 3.03. The van der Waals surface area contributed by atoms with E-state index in [1.54, 1.807) is 13.8 Å². The predicted molar refractivity (Wildman–Crippen MR) is 120 cm³/mol. The van der Waals surface area contributed by atoms with Gasteiger partial charge in [-0.05, 0) is 57.1 Å². The average molecular weight is 410 g/mol. The van der Waals surface area contributed by atoms with Crippen molar-refractivity contribution in [3.05, 3.63) is 54.1 Å². The van der Waals surface area contributed by atoms with Gasteiger partial charge in [0, 0.05) is 32.6 Å². The van der Waals surface area contributed by atoms with Gasteiger partial charge in [-0.25, -0.2) is 0 Å². The molecule has 1 fully saturated rings. The van der Waals surface area contributed by atoms with Crippen LogP contribution in [0.3, 0.4) is 0 Å². The van der Waals surface area contributed by atoms with Crippen molar-refractivity contribution in [2.45, 2.75) is 32.8 Å². The van der Waals surface area contributed by atoms with Gasteiger partial charge in [-0.2, -0.15) is 0 Å². The Morgan fingerprint density at radius 3 is 2.37 bits per heavy atom. The molecule has 0 saturated carbocycles. The predicted octanol–water partition coefficient (Wildman–Crippen LogP) is 3.37. The smallest absolute Gasteiger partial charge is 0.265 e. The highest BCUT2D eigenvalue weighted by Crippen LogP contribution is 2.27. The molecule has 160 valence electrons. The molecule has 6 nitrogen and oxygen atoms in total. The first-order valence-electron chi connectivity index (χ1n) is 10.5. The molecule has 30 heavy (non-hydrogen) atoms. The van der Waals surface area contributed by atoms with Gasteiger partial charge in [0.2, 0.25) is 0 Å². The number of amides is 1. The van der Waals surface area contributed by atoms with Gasteiger partial charge in [-0.15, -0.1) is 0 Å². The largest absolute Gasteiger partial charge is 0.481 e. The number of ketones is 1. The second kappa shape index (κ2) is 10.3. The number of Topliss-reactive ketones (excluding diaryl/α,β-unsaturated/α-hetero) is 1. The summed E-state index contributed by atoms with van der Waals surface area (Å²) in [5.41, 5.74) is 2.93. The number of hydrogen-bond acceptors (Lipinski definition) is 5. The third-order valence-electron chi connectivity index (χ3n) is 5.38. The van der Waals surface area contributed by atoms with Crippen molar-refractivity contribution in [1.29, 1.82) is 0 Å². The van der Waals surface area contributed by atoms with Crippen LogP contribution in [0.5, 0.6) is 5.75 Å². The molecular weight excluding hydrogens is 378 g/mol. The first-order valence-corrected chi connectivity index (χ1v) is 10.5. The Bertz CT molecular complexity index is 858. The van der Waals surface area contributed by atoms with Crippen LogP contribution < -0.4 is 15.0 Å². The maximum atomic E-state index is 12.7. The Morgan fingerprint density at radius 1 is 1.03 bits per heavy atom. The lowest BCUT2D eigenvalue weighted by molar-refractivity contribution is -0.122. The van der Waals surface area contributed by atoms with E-state index in [0.29, 0.717) is 18.6 Å². The Hall–Kier alpha value is -2.86. The number of benzene rings is 2. The van der Waals surface area contributed by atoms with Crippen molar-refractivity contribution < 1.29 is 14.3 Å². The van der Waals surface area contributed by atoms with E-state index in [1.807, 2.05) is 48.5 Å². The molecule has 1 aliphatic rings. The van der Waals surface area contributed by atoms with Gasteiger partial charge in [-0.3, -0.25) is 4.79 Å².